The van der Waals surface area contributed by atoms with Crippen molar-refractivity contribution in [3.63, 3.8) is 0 Å². The van der Waals surface area contributed by atoms with Gasteiger partial charge in [-0.25, -0.2) is 4.98 Å². The first-order chi connectivity index (χ1) is 9.20. The van der Waals surface area contributed by atoms with Crippen LogP contribution in [0.2, 0.25) is 0 Å². The molecule has 19 heavy (non-hydrogen) atoms. The van der Waals surface area contributed by atoms with Crippen molar-refractivity contribution in [3.05, 3.63) is 5.69 Å². The molecule has 5 heteroatoms. The quantitative estimate of drug-likeness (QED) is 0.919. The number of nitrogens with two attached hydrogens (primary N) is 1. The highest BCUT2D eigenvalue weighted by Gasteiger charge is 2.19. The Morgan fingerprint density at radius 1 is 1.32 bits per heavy atom. The number of rotatable bonds is 4. The molecular formula is C14H23N5. The number of hydrogen-bond donors (Lipinski definition) is 1. The van der Waals surface area contributed by atoms with E-state index in [0.717, 1.165) is 35.7 Å². The number of aromatic nitrogens is 4. The van der Waals surface area contributed by atoms with Gasteiger partial charge in [-0.15, -0.1) is 0 Å². The summed E-state index contributed by atoms with van der Waals surface area (Å²) in [6.45, 7) is 3.07. The molecule has 0 saturated heterocycles. The van der Waals surface area contributed by atoms with Crippen molar-refractivity contribution < 1.29 is 0 Å². The van der Waals surface area contributed by atoms with Gasteiger partial charge in [0, 0.05) is 13.6 Å². The van der Waals surface area contributed by atoms with Gasteiger partial charge in [-0.05, 0) is 18.8 Å². The minimum absolute atomic E-state index is 0.635. The second-order valence-electron chi connectivity index (χ2n) is 5.66. The zero-order valence-electron chi connectivity index (χ0n) is 11.9. The molecule has 5 nitrogen and oxygen atoms in total. The molecule has 1 aliphatic carbocycles. The molecule has 0 radical (unpaired) electrons. The summed E-state index contributed by atoms with van der Waals surface area (Å²) in [4.78, 5) is 4.51. The fourth-order valence-corrected chi connectivity index (χ4v) is 3.33. The van der Waals surface area contributed by atoms with Crippen LogP contribution in [0.4, 0.5) is 5.95 Å². The monoisotopic (exact) mass is 261 g/mol. The van der Waals surface area contributed by atoms with Gasteiger partial charge in [-0.3, -0.25) is 9.25 Å². The molecule has 3 rings (SSSR count). The van der Waals surface area contributed by atoms with Gasteiger partial charge in [0.05, 0.1) is 5.69 Å². The first-order valence-corrected chi connectivity index (χ1v) is 7.38. The SMILES string of the molecule is CCc1nn(C)c2c1nc(N)n2CCC1CCCC1. The molecule has 1 aliphatic rings. The van der Waals surface area contributed by atoms with Crippen LogP contribution in [-0.2, 0) is 20.0 Å². The van der Waals surface area contributed by atoms with E-state index in [-0.39, 0.29) is 0 Å². The predicted octanol–water partition coefficient (Wildman–Crippen LogP) is 2.49. The standard InChI is InChI=1S/C14H23N5/c1-3-11-12-13(18(2)17-11)19(14(15)16-12)9-8-10-6-4-5-7-10/h10H,3-9H2,1-2H3,(H2,15,16). The summed E-state index contributed by atoms with van der Waals surface area (Å²) < 4.78 is 4.06. The highest BCUT2D eigenvalue weighted by atomic mass is 15.3. The summed E-state index contributed by atoms with van der Waals surface area (Å²) in [5.74, 6) is 1.51. The number of nitrogen functional groups attached to an aromatic ring is 1. The Balaban J connectivity index is 1.89. The summed E-state index contributed by atoms with van der Waals surface area (Å²) in [5, 5.41) is 4.53. The maximum atomic E-state index is 6.09. The van der Waals surface area contributed by atoms with E-state index >= 15 is 0 Å². The van der Waals surface area contributed by atoms with Crippen LogP contribution in [0, 0.1) is 5.92 Å². The Hall–Kier alpha value is -1.52. The number of anilines is 1. The Kier molecular flexibility index (Phi) is 3.21. The molecule has 2 heterocycles. The maximum absolute atomic E-state index is 6.09. The average Bonchev–Trinajstić information content (AvgIpc) is 3.06. The zero-order valence-corrected chi connectivity index (χ0v) is 11.9. The molecule has 0 bridgehead atoms. The molecule has 0 spiro atoms. The molecular weight excluding hydrogens is 238 g/mol. The lowest BCUT2D eigenvalue weighted by Gasteiger charge is -2.11. The Labute approximate surface area is 113 Å². The molecule has 1 fully saturated rings. The first kappa shape index (κ1) is 12.5. The molecule has 0 unspecified atom stereocenters. The van der Waals surface area contributed by atoms with Crippen LogP contribution in [0.15, 0.2) is 0 Å². The van der Waals surface area contributed by atoms with Crippen molar-refractivity contribution in [2.45, 2.75) is 52.0 Å². The molecule has 0 atom stereocenters. The lowest BCUT2D eigenvalue weighted by molar-refractivity contribution is 0.461. The lowest BCUT2D eigenvalue weighted by Crippen LogP contribution is -2.09. The highest BCUT2D eigenvalue weighted by molar-refractivity contribution is 5.77. The fourth-order valence-electron chi connectivity index (χ4n) is 3.33. The number of nitrogens with zero attached hydrogens (tertiary/aromatic N) is 4. The van der Waals surface area contributed by atoms with Gasteiger partial charge in [0.15, 0.2) is 5.65 Å². The van der Waals surface area contributed by atoms with E-state index in [0.29, 0.717) is 5.95 Å². The van der Waals surface area contributed by atoms with E-state index in [1.165, 1.54) is 32.1 Å². The van der Waals surface area contributed by atoms with Crippen LogP contribution in [0.5, 0.6) is 0 Å². The van der Waals surface area contributed by atoms with Crippen LogP contribution in [0.1, 0.15) is 44.7 Å². The van der Waals surface area contributed by atoms with Gasteiger partial charge in [-0.2, -0.15) is 5.10 Å². The predicted molar refractivity (Wildman–Crippen MR) is 76.9 cm³/mol. The smallest absolute Gasteiger partial charge is 0.202 e. The average molecular weight is 261 g/mol. The molecule has 2 aromatic rings. The Bertz CT molecular complexity index is 574. The van der Waals surface area contributed by atoms with Gasteiger partial charge in [-0.1, -0.05) is 32.6 Å². The third-order valence-corrected chi connectivity index (χ3v) is 4.39. The third kappa shape index (κ3) is 2.11. The molecule has 0 aliphatic heterocycles. The van der Waals surface area contributed by atoms with Gasteiger partial charge >= 0.3 is 0 Å². The maximum Gasteiger partial charge on any atom is 0.202 e. The summed E-state index contributed by atoms with van der Waals surface area (Å²) in [7, 11) is 1.98. The minimum Gasteiger partial charge on any atom is -0.369 e. The van der Waals surface area contributed by atoms with E-state index in [9.17, 15) is 0 Å². The van der Waals surface area contributed by atoms with Gasteiger partial charge in [0.2, 0.25) is 5.95 Å². The lowest BCUT2D eigenvalue weighted by atomic mass is 10.0. The Morgan fingerprint density at radius 3 is 2.74 bits per heavy atom. The normalized spacial score (nSPS) is 16.7. The second-order valence-corrected chi connectivity index (χ2v) is 5.66. The number of aryl methyl sites for hydroxylation is 3. The summed E-state index contributed by atoms with van der Waals surface area (Å²) in [5.41, 5.74) is 9.19. The molecule has 1 saturated carbocycles. The van der Waals surface area contributed by atoms with Crippen molar-refractivity contribution >= 4 is 17.1 Å². The summed E-state index contributed by atoms with van der Waals surface area (Å²) >= 11 is 0. The molecule has 2 N–H and O–H groups in total. The van der Waals surface area contributed by atoms with E-state index < -0.39 is 0 Å². The van der Waals surface area contributed by atoms with Gasteiger partial charge in [0.1, 0.15) is 5.52 Å². The molecule has 104 valence electrons. The van der Waals surface area contributed by atoms with E-state index in [4.69, 9.17) is 5.73 Å². The third-order valence-electron chi connectivity index (χ3n) is 4.39. The Morgan fingerprint density at radius 2 is 2.05 bits per heavy atom. The van der Waals surface area contributed by atoms with E-state index in [1.54, 1.807) is 0 Å². The second kappa shape index (κ2) is 4.87. The molecule has 0 aromatic carbocycles. The van der Waals surface area contributed by atoms with E-state index in [1.807, 2.05) is 11.7 Å². The van der Waals surface area contributed by atoms with Crippen molar-refractivity contribution in [2.24, 2.45) is 13.0 Å². The van der Waals surface area contributed by atoms with Crippen molar-refractivity contribution in [1.29, 1.82) is 0 Å². The highest BCUT2D eigenvalue weighted by Crippen LogP contribution is 2.29. The minimum atomic E-state index is 0.635. The van der Waals surface area contributed by atoms with Crippen LogP contribution in [0.25, 0.3) is 11.2 Å². The largest absolute Gasteiger partial charge is 0.369 e. The van der Waals surface area contributed by atoms with Crippen LogP contribution >= 0.6 is 0 Å². The van der Waals surface area contributed by atoms with E-state index in [2.05, 4.69) is 21.6 Å². The first-order valence-electron chi connectivity index (χ1n) is 7.38. The van der Waals surface area contributed by atoms with Crippen LogP contribution in [-0.4, -0.2) is 19.3 Å². The fraction of sp³-hybridized carbons (Fsp3) is 0.714. The van der Waals surface area contributed by atoms with Crippen molar-refractivity contribution in [1.82, 2.24) is 19.3 Å². The number of hydrogen-bond acceptors (Lipinski definition) is 3. The summed E-state index contributed by atoms with van der Waals surface area (Å²) in [6.07, 6.45) is 7.65. The van der Waals surface area contributed by atoms with Crippen LogP contribution < -0.4 is 5.73 Å². The van der Waals surface area contributed by atoms with Crippen molar-refractivity contribution in [2.75, 3.05) is 5.73 Å². The van der Waals surface area contributed by atoms with Crippen molar-refractivity contribution in [3.8, 4) is 0 Å². The number of imidazole rings is 1. The molecule has 2 aromatic heterocycles. The summed E-state index contributed by atoms with van der Waals surface area (Å²) in [6, 6.07) is 0. The van der Waals surface area contributed by atoms with Crippen LogP contribution in [0.3, 0.4) is 0 Å². The number of fused-ring (bicyclic) bond motifs is 1. The van der Waals surface area contributed by atoms with Gasteiger partial charge < -0.3 is 5.73 Å². The van der Waals surface area contributed by atoms with Gasteiger partial charge in [0.25, 0.3) is 0 Å². The zero-order chi connectivity index (χ0) is 13.4. The topological polar surface area (TPSA) is 61.7 Å². The molecule has 0 amide bonds.